The van der Waals surface area contributed by atoms with Crippen molar-refractivity contribution >= 4 is 40.8 Å². The van der Waals surface area contributed by atoms with Crippen molar-refractivity contribution < 1.29 is 18.0 Å². The number of piperazine rings is 2. The second-order valence-electron chi connectivity index (χ2n) is 11.4. The number of thioether (sulfide) groups is 1. The van der Waals surface area contributed by atoms with Gasteiger partial charge in [0, 0.05) is 82.0 Å². The molecule has 2 saturated heterocycles. The van der Waals surface area contributed by atoms with Crippen molar-refractivity contribution in [3.8, 4) is 0 Å². The number of alkyl halides is 3. The van der Waals surface area contributed by atoms with Crippen molar-refractivity contribution in [1.82, 2.24) is 19.8 Å². The summed E-state index contributed by atoms with van der Waals surface area (Å²) in [5, 5.41) is 1.02. The Morgan fingerprint density at radius 1 is 0.761 bits per heavy atom. The summed E-state index contributed by atoms with van der Waals surface area (Å²) in [6, 6.07) is 25.1. The van der Waals surface area contributed by atoms with E-state index in [1.807, 2.05) is 41.3 Å². The molecule has 4 aromatic rings. The molecular weight excluding hydrogens is 633 g/mol. The topological polar surface area (TPSA) is 55.8 Å². The van der Waals surface area contributed by atoms with E-state index in [9.17, 15) is 18.0 Å². The molecule has 2 aliphatic heterocycles. The second kappa shape index (κ2) is 14.3. The van der Waals surface area contributed by atoms with Gasteiger partial charge in [-0.2, -0.15) is 13.2 Å². The molecule has 0 radical (unpaired) electrons. The molecule has 0 unspecified atom stereocenters. The number of anilines is 2. The third-order valence-corrected chi connectivity index (χ3v) is 9.39. The Balaban J connectivity index is 0.991. The maximum atomic E-state index is 13.2. The van der Waals surface area contributed by atoms with Crippen LogP contribution in [0.5, 0.6) is 0 Å². The molecule has 240 valence electrons. The number of halogens is 4. The van der Waals surface area contributed by atoms with Crippen molar-refractivity contribution in [2.45, 2.75) is 23.6 Å². The predicted molar refractivity (Wildman–Crippen MR) is 177 cm³/mol. The fraction of sp³-hybridized carbons (Fsp3) is 0.324. The molecule has 6 rings (SSSR count). The summed E-state index contributed by atoms with van der Waals surface area (Å²) in [5.74, 6) is 1.36. The minimum absolute atomic E-state index is 0.0884. The van der Waals surface area contributed by atoms with Crippen LogP contribution in [0.1, 0.15) is 27.0 Å². The molecule has 0 N–H and O–H groups in total. The van der Waals surface area contributed by atoms with Crippen LogP contribution in [0.15, 0.2) is 90.1 Å². The Labute approximate surface area is 276 Å². The Bertz CT molecular complexity index is 1630. The molecule has 0 spiro atoms. The molecule has 0 atom stereocenters. The lowest BCUT2D eigenvalue weighted by atomic mass is 10.1. The van der Waals surface area contributed by atoms with Crippen LogP contribution in [0.3, 0.4) is 0 Å². The SMILES string of the molecule is O=C(c1ccc(CSc2nc(Cl)cc(N3CCN(Cc4ccccc4)CC3)n2)cc1)N1CCN(c2cccc(C(F)(F)F)c2)CC1. The lowest BCUT2D eigenvalue weighted by molar-refractivity contribution is -0.137. The number of nitrogens with zero attached hydrogens (tertiary/aromatic N) is 6. The highest BCUT2D eigenvalue weighted by Crippen LogP contribution is 2.32. The van der Waals surface area contributed by atoms with E-state index < -0.39 is 11.7 Å². The van der Waals surface area contributed by atoms with Crippen LogP contribution < -0.4 is 9.80 Å². The molecule has 46 heavy (non-hydrogen) atoms. The number of hydrogen-bond acceptors (Lipinski definition) is 7. The van der Waals surface area contributed by atoms with E-state index in [1.54, 1.807) is 11.0 Å². The van der Waals surface area contributed by atoms with E-state index in [1.165, 1.54) is 23.4 Å². The Morgan fingerprint density at radius 2 is 1.46 bits per heavy atom. The number of benzene rings is 3. The summed E-state index contributed by atoms with van der Waals surface area (Å²) in [7, 11) is 0. The number of aromatic nitrogens is 2. The van der Waals surface area contributed by atoms with E-state index in [0.29, 0.717) is 53.5 Å². The lowest BCUT2D eigenvalue weighted by Gasteiger charge is -2.36. The highest BCUT2D eigenvalue weighted by Gasteiger charge is 2.31. The molecule has 12 heteroatoms. The maximum absolute atomic E-state index is 13.2. The third-order valence-electron chi connectivity index (χ3n) is 8.28. The zero-order valence-corrected chi connectivity index (χ0v) is 26.7. The van der Waals surface area contributed by atoms with Gasteiger partial charge < -0.3 is 14.7 Å². The van der Waals surface area contributed by atoms with Gasteiger partial charge >= 0.3 is 6.18 Å². The number of rotatable bonds is 8. The predicted octanol–water partition coefficient (Wildman–Crippen LogP) is 6.73. The molecule has 1 amide bonds. The smallest absolute Gasteiger partial charge is 0.368 e. The summed E-state index contributed by atoms with van der Waals surface area (Å²) in [6.45, 7) is 6.34. The van der Waals surface area contributed by atoms with Crippen LogP contribution in [0, 0.1) is 0 Å². The molecule has 1 aromatic heterocycles. The number of hydrogen-bond donors (Lipinski definition) is 0. The van der Waals surface area contributed by atoms with E-state index in [4.69, 9.17) is 16.6 Å². The fourth-order valence-corrected chi connectivity index (χ4v) is 6.75. The number of amides is 1. The van der Waals surface area contributed by atoms with Gasteiger partial charge in [0.15, 0.2) is 5.16 Å². The quantitative estimate of drug-likeness (QED) is 0.118. The average molecular weight is 667 g/mol. The fourth-order valence-electron chi connectivity index (χ4n) is 5.71. The van der Waals surface area contributed by atoms with Crippen molar-refractivity contribution in [2.24, 2.45) is 0 Å². The monoisotopic (exact) mass is 666 g/mol. The van der Waals surface area contributed by atoms with Crippen LogP contribution in [0.4, 0.5) is 24.7 Å². The molecule has 0 aliphatic carbocycles. The van der Waals surface area contributed by atoms with Gasteiger partial charge in [-0.1, -0.05) is 71.9 Å². The zero-order chi connectivity index (χ0) is 32.1. The van der Waals surface area contributed by atoms with Gasteiger partial charge in [-0.05, 0) is 41.5 Å². The minimum Gasteiger partial charge on any atom is -0.368 e. The van der Waals surface area contributed by atoms with Gasteiger partial charge in [-0.3, -0.25) is 9.69 Å². The summed E-state index contributed by atoms with van der Waals surface area (Å²) in [6.07, 6.45) is -4.39. The highest BCUT2D eigenvalue weighted by atomic mass is 35.5. The zero-order valence-electron chi connectivity index (χ0n) is 25.2. The maximum Gasteiger partial charge on any atom is 0.416 e. The van der Waals surface area contributed by atoms with E-state index in [2.05, 4.69) is 39.0 Å². The minimum atomic E-state index is -4.39. The van der Waals surface area contributed by atoms with Crippen molar-refractivity contribution in [2.75, 3.05) is 62.2 Å². The first-order valence-corrected chi connectivity index (χ1v) is 16.6. The van der Waals surface area contributed by atoms with Gasteiger partial charge in [0.1, 0.15) is 11.0 Å². The van der Waals surface area contributed by atoms with E-state index >= 15 is 0 Å². The molecule has 7 nitrogen and oxygen atoms in total. The summed E-state index contributed by atoms with van der Waals surface area (Å²) in [5.41, 5.74) is 2.76. The average Bonchev–Trinajstić information content (AvgIpc) is 3.08. The van der Waals surface area contributed by atoms with Crippen LogP contribution in [-0.2, 0) is 18.5 Å². The number of carbonyl (C=O) groups is 1. The molecule has 3 heterocycles. The van der Waals surface area contributed by atoms with Gasteiger partial charge in [0.25, 0.3) is 5.91 Å². The Morgan fingerprint density at radius 3 is 2.15 bits per heavy atom. The first kappa shape index (κ1) is 32.2. The Hall–Kier alpha value is -3.80. The standard InChI is InChI=1S/C34H34ClF3N6OS/c35-30-22-31(43-15-13-41(14-16-43)23-25-5-2-1-3-6-25)40-33(39-30)46-24-26-9-11-27(12-10-26)32(45)44-19-17-42(18-20-44)29-8-4-7-28(21-29)34(36,37)38/h1-12,21-22H,13-20,23-24H2. The summed E-state index contributed by atoms with van der Waals surface area (Å²) >= 11 is 7.89. The second-order valence-corrected chi connectivity index (χ2v) is 12.7. The van der Waals surface area contributed by atoms with Crippen LogP contribution in [-0.4, -0.2) is 78.0 Å². The van der Waals surface area contributed by atoms with Gasteiger partial charge in [0.05, 0.1) is 5.56 Å². The highest BCUT2D eigenvalue weighted by molar-refractivity contribution is 7.98. The first-order valence-electron chi connectivity index (χ1n) is 15.2. The van der Waals surface area contributed by atoms with Crippen LogP contribution in [0.2, 0.25) is 5.15 Å². The van der Waals surface area contributed by atoms with Gasteiger partial charge in [0.2, 0.25) is 0 Å². The van der Waals surface area contributed by atoms with Crippen molar-refractivity contribution in [1.29, 1.82) is 0 Å². The molecule has 0 bridgehead atoms. The number of carbonyl (C=O) groups excluding carboxylic acids is 1. The first-order chi connectivity index (χ1) is 22.2. The molecule has 0 saturated carbocycles. The van der Waals surface area contributed by atoms with Gasteiger partial charge in [-0.25, -0.2) is 9.97 Å². The molecule has 2 fully saturated rings. The molecular formula is C34H34ClF3N6OS. The van der Waals surface area contributed by atoms with E-state index in [-0.39, 0.29) is 5.91 Å². The van der Waals surface area contributed by atoms with Crippen molar-refractivity contribution in [3.63, 3.8) is 0 Å². The van der Waals surface area contributed by atoms with Gasteiger partial charge in [-0.15, -0.1) is 0 Å². The summed E-state index contributed by atoms with van der Waals surface area (Å²) < 4.78 is 39.4. The molecule has 2 aliphatic rings. The Kier molecular flexibility index (Phi) is 10.0. The van der Waals surface area contributed by atoms with Crippen LogP contribution >= 0.6 is 23.4 Å². The summed E-state index contributed by atoms with van der Waals surface area (Å²) in [4.78, 5) is 30.7. The van der Waals surface area contributed by atoms with Crippen molar-refractivity contribution in [3.05, 3.63) is 112 Å². The largest absolute Gasteiger partial charge is 0.416 e. The third kappa shape index (κ3) is 8.12. The lowest BCUT2D eigenvalue weighted by Crippen LogP contribution is -2.48. The molecule has 3 aromatic carbocycles. The van der Waals surface area contributed by atoms with Crippen LogP contribution in [0.25, 0.3) is 0 Å². The van der Waals surface area contributed by atoms with E-state index in [0.717, 1.165) is 56.2 Å². The normalized spacial score (nSPS) is 16.1.